The Balaban J connectivity index is 1.56. The lowest BCUT2D eigenvalue weighted by Gasteiger charge is -2.24. The van der Waals surface area contributed by atoms with Gasteiger partial charge in [-0.3, -0.25) is 14.5 Å². The van der Waals surface area contributed by atoms with E-state index in [2.05, 4.69) is 10.2 Å². The Morgan fingerprint density at radius 3 is 2.55 bits per heavy atom. The maximum absolute atomic E-state index is 13.1. The van der Waals surface area contributed by atoms with Crippen LogP contribution in [0.1, 0.15) is 43.1 Å². The van der Waals surface area contributed by atoms with E-state index < -0.39 is 0 Å². The van der Waals surface area contributed by atoms with Crippen LogP contribution in [0, 0.1) is 11.7 Å². The highest BCUT2D eigenvalue weighted by atomic mass is 19.1. The molecule has 0 radical (unpaired) electrons. The van der Waals surface area contributed by atoms with Gasteiger partial charge in [0.2, 0.25) is 5.91 Å². The summed E-state index contributed by atoms with van der Waals surface area (Å²) < 4.78 is 13.1. The van der Waals surface area contributed by atoms with Gasteiger partial charge in [-0.25, -0.2) is 4.39 Å². The van der Waals surface area contributed by atoms with Gasteiger partial charge in [-0.15, -0.1) is 0 Å². The molecule has 0 saturated carbocycles. The minimum atomic E-state index is -0.264. The van der Waals surface area contributed by atoms with Gasteiger partial charge in [0.05, 0.1) is 6.04 Å². The summed E-state index contributed by atoms with van der Waals surface area (Å²) in [6.07, 6.45) is 1.91. The summed E-state index contributed by atoms with van der Waals surface area (Å²) in [7, 11) is 0. The number of amides is 2. The molecule has 0 aromatic heterocycles. The number of carbonyl (C=O) groups excluding carboxylic acids is 2. The van der Waals surface area contributed by atoms with Crippen LogP contribution in [0.15, 0.2) is 48.5 Å². The number of carbonyl (C=O) groups is 2. The van der Waals surface area contributed by atoms with Crippen LogP contribution in [-0.2, 0) is 11.2 Å². The number of benzene rings is 2. The van der Waals surface area contributed by atoms with Crippen molar-refractivity contribution in [2.45, 2.75) is 39.7 Å². The first-order chi connectivity index (χ1) is 14.9. The predicted octanol–water partition coefficient (Wildman–Crippen LogP) is 4.20. The third-order valence-corrected chi connectivity index (χ3v) is 6.11. The van der Waals surface area contributed by atoms with Gasteiger partial charge in [0.1, 0.15) is 5.82 Å². The molecule has 2 aromatic carbocycles. The summed E-state index contributed by atoms with van der Waals surface area (Å²) in [4.78, 5) is 29.4. The number of anilines is 1. The first-order valence-corrected chi connectivity index (χ1v) is 11.1. The van der Waals surface area contributed by atoms with Gasteiger partial charge in [0.15, 0.2) is 0 Å². The molecule has 1 fully saturated rings. The van der Waals surface area contributed by atoms with Crippen molar-refractivity contribution in [2.24, 2.45) is 5.92 Å². The number of hydrogen-bond donors (Lipinski definition) is 1. The van der Waals surface area contributed by atoms with Crippen molar-refractivity contribution in [3.05, 3.63) is 65.5 Å². The number of nitrogens with one attached hydrogen (secondary N) is 1. The largest absolute Gasteiger partial charge is 0.339 e. The van der Waals surface area contributed by atoms with Crippen LogP contribution in [0.5, 0.6) is 0 Å². The van der Waals surface area contributed by atoms with Crippen LogP contribution in [-0.4, -0.2) is 53.8 Å². The van der Waals surface area contributed by atoms with Crippen LogP contribution in [0.25, 0.3) is 0 Å². The van der Waals surface area contributed by atoms with Crippen LogP contribution in [0.3, 0.4) is 0 Å². The van der Waals surface area contributed by atoms with Crippen LogP contribution in [0.4, 0.5) is 10.1 Å². The molecule has 1 N–H and O–H groups in total. The van der Waals surface area contributed by atoms with Crippen molar-refractivity contribution in [1.82, 2.24) is 9.80 Å². The summed E-state index contributed by atoms with van der Waals surface area (Å²) in [6.45, 7) is 8.82. The van der Waals surface area contributed by atoms with Gasteiger partial charge in [-0.1, -0.05) is 18.2 Å². The van der Waals surface area contributed by atoms with Crippen LogP contribution < -0.4 is 5.32 Å². The zero-order valence-electron chi connectivity index (χ0n) is 18.6. The molecule has 0 aliphatic carbocycles. The molecule has 1 aliphatic heterocycles. The molecule has 6 heteroatoms. The van der Waals surface area contributed by atoms with Crippen LogP contribution in [0.2, 0.25) is 0 Å². The molecule has 5 nitrogen and oxygen atoms in total. The highest BCUT2D eigenvalue weighted by molar-refractivity contribution is 5.98. The zero-order valence-corrected chi connectivity index (χ0v) is 18.6. The van der Waals surface area contributed by atoms with E-state index in [0.717, 1.165) is 31.5 Å². The van der Waals surface area contributed by atoms with Crippen molar-refractivity contribution in [3.8, 4) is 0 Å². The standard InChI is InChI=1S/C25H32FN3O2/c1-4-28(5-2)25(31)21-7-6-8-23(16-21)27-24(30)18(3)29-14-13-20(17-29)15-19-9-11-22(26)12-10-19/h6-12,16,18,20H,4-5,13-15,17H2,1-3H3,(H,27,30). The second kappa shape index (κ2) is 10.5. The van der Waals surface area contributed by atoms with E-state index in [9.17, 15) is 14.0 Å². The fourth-order valence-electron chi connectivity index (χ4n) is 4.17. The Hall–Kier alpha value is -2.73. The normalized spacial score (nSPS) is 17.4. The molecule has 3 rings (SSSR count). The monoisotopic (exact) mass is 425 g/mol. The molecule has 0 spiro atoms. The van der Waals surface area contributed by atoms with Gasteiger partial charge < -0.3 is 10.2 Å². The first kappa shape index (κ1) is 22.9. The highest BCUT2D eigenvalue weighted by Gasteiger charge is 2.29. The fourth-order valence-corrected chi connectivity index (χ4v) is 4.17. The number of nitrogens with zero attached hydrogens (tertiary/aromatic N) is 2. The number of rotatable bonds is 8. The molecular weight excluding hydrogens is 393 g/mol. The van der Waals surface area contributed by atoms with E-state index in [4.69, 9.17) is 0 Å². The summed E-state index contributed by atoms with van der Waals surface area (Å²) >= 11 is 0. The SMILES string of the molecule is CCN(CC)C(=O)c1cccc(NC(=O)C(C)N2CCC(Cc3ccc(F)cc3)C2)c1. The van der Waals surface area contributed by atoms with Crippen LogP contribution >= 0.6 is 0 Å². The molecule has 2 atom stereocenters. The topological polar surface area (TPSA) is 52.7 Å². The van der Waals surface area contributed by atoms with Crippen molar-refractivity contribution in [3.63, 3.8) is 0 Å². The molecule has 0 bridgehead atoms. The van der Waals surface area contributed by atoms with E-state index in [1.54, 1.807) is 23.1 Å². The summed E-state index contributed by atoms with van der Waals surface area (Å²) in [5.74, 6) is 0.132. The average molecular weight is 426 g/mol. The second-order valence-corrected chi connectivity index (χ2v) is 8.20. The Morgan fingerprint density at radius 1 is 1.16 bits per heavy atom. The van der Waals surface area contributed by atoms with E-state index >= 15 is 0 Å². The van der Waals surface area contributed by atoms with Gasteiger partial charge >= 0.3 is 0 Å². The van der Waals surface area contributed by atoms with Crippen molar-refractivity contribution in [1.29, 1.82) is 0 Å². The maximum Gasteiger partial charge on any atom is 0.253 e. The van der Waals surface area contributed by atoms with Gasteiger partial charge in [-0.05, 0) is 82.0 Å². The third kappa shape index (κ3) is 5.91. The minimum absolute atomic E-state index is 0.0303. The zero-order chi connectivity index (χ0) is 22.4. The second-order valence-electron chi connectivity index (χ2n) is 8.20. The van der Waals surface area contributed by atoms with Gasteiger partial charge in [-0.2, -0.15) is 0 Å². The molecule has 31 heavy (non-hydrogen) atoms. The first-order valence-electron chi connectivity index (χ1n) is 11.1. The third-order valence-electron chi connectivity index (χ3n) is 6.11. The molecule has 1 heterocycles. The number of halogens is 1. The molecule has 2 aromatic rings. The van der Waals surface area contributed by atoms with E-state index in [-0.39, 0.29) is 23.7 Å². The lowest BCUT2D eigenvalue weighted by Crippen LogP contribution is -2.40. The molecule has 2 unspecified atom stereocenters. The van der Waals surface area contributed by atoms with Gasteiger partial charge in [0.25, 0.3) is 5.91 Å². The molecule has 2 amide bonds. The van der Waals surface area contributed by atoms with E-state index in [1.165, 1.54) is 12.1 Å². The summed E-state index contributed by atoms with van der Waals surface area (Å²) in [5, 5.41) is 2.97. The molecule has 1 aliphatic rings. The Kier molecular flexibility index (Phi) is 7.80. The smallest absolute Gasteiger partial charge is 0.253 e. The van der Waals surface area contributed by atoms with Gasteiger partial charge in [0, 0.05) is 30.9 Å². The summed E-state index contributed by atoms with van der Waals surface area (Å²) in [6, 6.07) is 13.5. The Morgan fingerprint density at radius 2 is 1.87 bits per heavy atom. The Labute approximate surface area is 184 Å². The van der Waals surface area contributed by atoms with E-state index in [0.29, 0.717) is 30.3 Å². The lowest BCUT2D eigenvalue weighted by molar-refractivity contribution is -0.120. The quantitative estimate of drug-likeness (QED) is 0.690. The van der Waals surface area contributed by atoms with Crippen molar-refractivity contribution >= 4 is 17.5 Å². The van der Waals surface area contributed by atoms with Crippen molar-refractivity contribution < 1.29 is 14.0 Å². The fraction of sp³-hybridized carbons (Fsp3) is 0.440. The molecular formula is C25H32FN3O2. The lowest BCUT2D eigenvalue weighted by atomic mass is 9.99. The highest BCUT2D eigenvalue weighted by Crippen LogP contribution is 2.23. The molecule has 166 valence electrons. The minimum Gasteiger partial charge on any atom is -0.339 e. The maximum atomic E-state index is 13.1. The predicted molar refractivity (Wildman–Crippen MR) is 122 cm³/mol. The number of hydrogen-bond acceptors (Lipinski definition) is 3. The molecule has 1 saturated heterocycles. The summed E-state index contributed by atoms with van der Waals surface area (Å²) in [5.41, 5.74) is 2.34. The Bertz CT molecular complexity index is 896. The average Bonchev–Trinajstić information content (AvgIpc) is 3.24. The van der Waals surface area contributed by atoms with E-state index in [1.807, 2.05) is 39.0 Å². The number of likely N-dealkylation sites (tertiary alicyclic amines) is 1. The van der Waals surface area contributed by atoms with Crippen molar-refractivity contribution in [2.75, 3.05) is 31.5 Å².